The average molecular weight is 236 g/mol. The summed E-state index contributed by atoms with van der Waals surface area (Å²) in [6.45, 7) is 4.30. The van der Waals surface area contributed by atoms with Crippen molar-refractivity contribution in [1.82, 2.24) is 15.5 Å². The monoisotopic (exact) mass is 236 g/mol. The van der Waals surface area contributed by atoms with Crippen LogP contribution in [0.1, 0.15) is 12.8 Å². The van der Waals surface area contributed by atoms with Crippen LogP contribution in [0.4, 0.5) is 0 Å². The first kappa shape index (κ1) is 10.9. The van der Waals surface area contributed by atoms with Gasteiger partial charge in [-0.3, -0.25) is 14.5 Å². The Morgan fingerprint density at radius 3 is 2.53 bits per heavy atom. The van der Waals surface area contributed by atoms with Crippen molar-refractivity contribution in [3.8, 4) is 0 Å². The maximum Gasteiger partial charge on any atom is 0.263 e. The Morgan fingerprint density at radius 1 is 1.24 bits per heavy atom. The number of carbonyl (C=O) groups excluding carboxylic acids is 2. The van der Waals surface area contributed by atoms with Crippen LogP contribution in [0.25, 0.3) is 0 Å². The summed E-state index contributed by atoms with van der Waals surface area (Å²) in [5.41, 5.74) is -0.785. The van der Waals surface area contributed by atoms with E-state index in [4.69, 9.17) is 0 Å². The molecule has 1 saturated heterocycles. The molecule has 3 rings (SSSR count). The number of rotatable bonds is 2. The van der Waals surface area contributed by atoms with Crippen molar-refractivity contribution < 1.29 is 9.59 Å². The molecule has 2 heterocycles. The summed E-state index contributed by atoms with van der Waals surface area (Å²) in [6.07, 6.45) is 1.31. The van der Waals surface area contributed by atoms with E-state index in [0.717, 1.165) is 26.2 Å². The van der Waals surface area contributed by atoms with Crippen molar-refractivity contribution in [1.29, 1.82) is 0 Å². The van der Waals surface area contributed by atoms with E-state index in [1.807, 2.05) is 0 Å². The molecule has 2 aliphatic heterocycles. The minimum Gasteiger partial charge on any atom is -0.314 e. The Balaban J connectivity index is 1.68. The van der Waals surface area contributed by atoms with E-state index in [0.29, 0.717) is 25.2 Å². The highest BCUT2D eigenvalue weighted by Gasteiger charge is 2.58. The summed E-state index contributed by atoms with van der Waals surface area (Å²) >= 11 is 0. The maximum atomic E-state index is 11.8. The maximum absolute atomic E-state index is 11.8. The van der Waals surface area contributed by atoms with Gasteiger partial charge in [-0.1, -0.05) is 0 Å². The molecule has 1 saturated carbocycles. The van der Waals surface area contributed by atoms with Crippen molar-refractivity contribution in [3.63, 3.8) is 0 Å². The Bertz CT molecular complexity index is 394. The smallest absolute Gasteiger partial charge is 0.263 e. The zero-order valence-electron chi connectivity index (χ0n) is 9.66. The van der Waals surface area contributed by atoms with Crippen molar-refractivity contribution in [2.24, 2.45) is 10.4 Å². The van der Waals surface area contributed by atoms with Gasteiger partial charge in [0.15, 0.2) is 0 Å². The van der Waals surface area contributed by atoms with E-state index < -0.39 is 5.41 Å². The van der Waals surface area contributed by atoms with Crippen LogP contribution in [0.3, 0.4) is 0 Å². The molecule has 0 aromatic rings. The molecule has 6 heteroatoms. The van der Waals surface area contributed by atoms with Crippen LogP contribution in [0.5, 0.6) is 0 Å². The third-order valence-corrected chi connectivity index (χ3v) is 3.67. The molecule has 0 aromatic heterocycles. The lowest BCUT2D eigenvalue weighted by Gasteiger charge is -2.29. The van der Waals surface area contributed by atoms with Gasteiger partial charge in [-0.15, -0.1) is 0 Å². The zero-order valence-corrected chi connectivity index (χ0v) is 9.66. The van der Waals surface area contributed by atoms with Crippen molar-refractivity contribution in [3.05, 3.63) is 0 Å². The van der Waals surface area contributed by atoms with E-state index in [1.165, 1.54) is 0 Å². The second kappa shape index (κ2) is 3.89. The number of hydrogen-bond acceptors (Lipinski definition) is 4. The Labute approximate surface area is 99.4 Å². The van der Waals surface area contributed by atoms with Gasteiger partial charge < -0.3 is 10.6 Å². The molecule has 3 aliphatic rings. The highest BCUT2D eigenvalue weighted by atomic mass is 16.2. The molecule has 92 valence electrons. The zero-order chi connectivity index (χ0) is 11.9. The predicted octanol–water partition coefficient (Wildman–Crippen LogP) is -1.27. The first-order valence-corrected chi connectivity index (χ1v) is 6.07. The molecule has 6 nitrogen and oxygen atoms in total. The van der Waals surface area contributed by atoms with Crippen molar-refractivity contribution >= 4 is 17.6 Å². The highest BCUT2D eigenvalue weighted by Crippen LogP contribution is 2.48. The summed E-state index contributed by atoms with van der Waals surface area (Å²) in [6, 6.07) is 0. The standard InChI is InChI=1S/C11H16N4O2/c16-9-11(1-2-11)10(17)14-8(13-9)7-15-5-3-12-4-6-15/h12H,1-7H2,(H,13,14,16,17). The number of hydrogen-bond donors (Lipinski definition) is 2. The fourth-order valence-electron chi connectivity index (χ4n) is 2.33. The van der Waals surface area contributed by atoms with Crippen LogP contribution in [0, 0.1) is 5.41 Å². The lowest BCUT2D eigenvalue weighted by Crippen LogP contribution is -2.52. The first-order chi connectivity index (χ1) is 8.21. The summed E-state index contributed by atoms with van der Waals surface area (Å²) in [7, 11) is 0. The topological polar surface area (TPSA) is 73.8 Å². The molecular formula is C11H16N4O2. The van der Waals surface area contributed by atoms with E-state index >= 15 is 0 Å². The van der Waals surface area contributed by atoms with Gasteiger partial charge >= 0.3 is 0 Å². The first-order valence-electron chi connectivity index (χ1n) is 6.07. The Morgan fingerprint density at radius 2 is 1.94 bits per heavy atom. The summed E-state index contributed by atoms with van der Waals surface area (Å²) in [5.74, 6) is 0.119. The van der Waals surface area contributed by atoms with Crippen LogP contribution >= 0.6 is 0 Å². The van der Waals surface area contributed by atoms with Gasteiger partial charge in [-0.25, -0.2) is 0 Å². The molecule has 0 radical (unpaired) electrons. The summed E-state index contributed by atoms with van der Waals surface area (Å²) < 4.78 is 0. The minimum atomic E-state index is -0.785. The molecule has 0 aromatic carbocycles. The minimum absolute atomic E-state index is 0.150. The number of piperazine rings is 1. The van der Waals surface area contributed by atoms with Crippen LogP contribution in [0.15, 0.2) is 4.99 Å². The third-order valence-electron chi connectivity index (χ3n) is 3.67. The molecular weight excluding hydrogens is 220 g/mol. The van der Waals surface area contributed by atoms with E-state index in [1.54, 1.807) is 0 Å². The van der Waals surface area contributed by atoms with Gasteiger partial charge in [-0.05, 0) is 12.8 Å². The van der Waals surface area contributed by atoms with Crippen molar-refractivity contribution in [2.45, 2.75) is 12.8 Å². The number of carbonyl (C=O) groups is 2. The highest BCUT2D eigenvalue weighted by molar-refractivity contribution is 6.20. The molecule has 2 fully saturated rings. The Hall–Kier alpha value is -1.27. The van der Waals surface area contributed by atoms with Crippen LogP contribution in [0.2, 0.25) is 0 Å². The van der Waals surface area contributed by atoms with E-state index in [9.17, 15) is 9.59 Å². The molecule has 0 bridgehead atoms. The largest absolute Gasteiger partial charge is 0.314 e. The van der Waals surface area contributed by atoms with Crippen LogP contribution in [-0.2, 0) is 9.59 Å². The fourth-order valence-corrected chi connectivity index (χ4v) is 2.33. The van der Waals surface area contributed by atoms with Gasteiger partial charge in [0, 0.05) is 26.2 Å². The molecule has 2 amide bonds. The van der Waals surface area contributed by atoms with Gasteiger partial charge in [0.25, 0.3) is 5.91 Å². The van der Waals surface area contributed by atoms with Crippen LogP contribution < -0.4 is 10.6 Å². The van der Waals surface area contributed by atoms with Gasteiger partial charge in [0.2, 0.25) is 5.91 Å². The lowest BCUT2D eigenvalue weighted by atomic mass is 10.0. The number of aliphatic imine (C=N–C) groups is 1. The second-order valence-electron chi connectivity index (χ2n) is 4.93. The number of amides is 2. The Kier molecular flexibility index (Phi) is 2.48. The number of nitrogens with one attached hydrogen (secondary N) is 2. The summed E-state index contributed by atoms with van der Waals surface area (Å²) in [4.78, 5) is 29.8. The van der Waals surface area contributed by atoms with Crippen molar-refractivity contribution in [2.75, 3.05) is 32.7 Å². The summed E-state index contributed by atoms with van der Waals surface area (Å²) in [5, 5.41) is 6.03. The normalized spacial score (nSPS) is 27.9. The number of nitrogens with zero attached hydrogens (tertiary/aromatic N) is 2. The SMILES string of the molecule is O=C1N=C(CN2CCNCC2)NC(=O)C12CC2. The van der Waals surface area contributed by atoms with Gasteiger partial charge in [0.1, 0.15) is 11.3 Å². The molecule has 0 atom stereocenters. The average Bonchev–Trinajstić information content (AvgIpc) is 3.09. The van der Waals surface area contributed by atoms with Gasteiger partial charge in [0.05, 0.1) is 6.54 Å². The molecule has 1 aliphatic carbocycles. The predicted molar refractivity (Wildman–Crippen MR) is 61.6 cm³/mol. The third kappa shape index (κ3) is 1.87. The lowest BCUT2D eigenvalue weighted by molar-refractivity contribution is -0.135. The number of amidine groups is 1. The second-order valence-corrected chi connectivity index (χ2v) is 4.93. The fraction of sp³-hybridized carbons (Fsp3) is 0.727. The quantitative estimate of drug-likeness (QED) is 0.586. The molecule has 2 N–H and O–H groups in total. The molecule has 1 spiro atoms. The van der Waals surface area contributed by atoms with E-state index in [-0.39, 0.29) is 11.8 Å². The molecule has 0 unspecified atom stereocenters. The van der Waals surface area contributed by atoms with E-state index in [2.05, 4.69) is 20.5 Å². The molecule has 17 heavy (non-hydrogen) atoms. The van der Waals surface area contributed by atoms with Gasteiger partial charge in [-0.2, -0.15) is 4.99 Å². The van der Waals surface area contributed by atoms with Crippen LogP contribution in [-0.4, -0.2) is 55.3 Å².